The molecule has 0 saturated carbocycles. The first kappa shape index (κ1) is 13.9. The number of methoxy groups -OCH3 is 1. The third kappa shape index (κ3) is 3.51. The fraction of sp³-hybridized carbons (Fsp3) is 0.250. The minimum Gasteiger partial charge on any atom is -0.496 e. The molecule has 2 aromatic rings. The van der Waals surface area contributed by atoms with Crippen molar-refractivity contribution in [2.75, 3.05) is 12.4 Å². The number of hydrogen-bond acceptors (Lipinski definition) is 2. The summed E-state index contributed by atoms with van der Waals surface area (Å²) in [6.07, 6.45) is 0. The first-order chi connectivity index (χ1) is 9.10. The van der Waals surface area contributed by atoms with E-state index >= 15 is 0 Å². The van der Waals surface area contributed by atoms with Crippen LogP contribution in [0.3, 0.4) is 0 Å². The normalized spacial score (nSPS) is 10.3. The van der Waals surface area contributed by atoms with Gasteiger partial charge in [-0.05, 0) is 64.7 Å². The summed E-state index contributed by atoms with van der Waals surface area (Å²) >= 11 is 3.49. The summed E-state index contributed by atoms with van der Waals surface area (Å²) in [7, 11) is 1.67. The Morgan fingerprint density at radius 3 is 2.47 bits per heavy atom. The van der Waals surface area contributed by atoms with Crippen LogP contribution < -0.4 is 10.1 Å². The predicted octanol–water partition coefficient (Wildman–Crippen LogP) is 4.69. The minimum atomic E-state index is 0.819. The quantitative estimate of drug-likeness (QED) is 0.883. The van der Waals surface area contributed by atoms with Gasteiger partial charge in [0.05, 0.1) is 11.6 Å². The van der Waals surface area contributed by atoms with Gasteiger partial charge in [0.1, 0.15) is 5.75 Å². The lowest BCUT2D eigenvalue weighted by Gasteiger charge is -2.10. The van der Waals surface area contributed by atoms with E-state index in [1.807, 2.05) is 18.2 Å². The van der Waals surface area contributed by atoms with Crippen LogP contribution in [0.2, 0.25) is 0 Å². The Labute approximate surface area is 122 Å². The summed E-state index contributed by atoms with van der Waals surface area (Å²) in [6, 6.07) is 12.5. The fourth-order valence-electron chi connectivity index (χ4n) is 1.89. The van der Waals surface area contributed by atoms with Gasteiger partial charge in [-0.15, -0.1) is 0 Å². The molecular formula is C16H18BrNO. The zero-order valence-electron chi connectivity index (χ0n) is 11.5. The molecule has 0 aromatic heterocycles. The summed E-state index contributed by atoms with van der Waals surface area (Å²) in [5.41, 5.74) is 5.02. The van der Waals surface area contributed by atoms with Crippen molar-refractivity contribution in [3.63, 3.8) is 0 Å². The summed E-state index contributed by atoms with van der Waals surface area (Å²) < 4.78 is 6.18. The molecule has 0 atom stereocenters. The monoisotopic (exact) mass is 319 g/mol. The SMILES string of the molecule is COc1ccc(NCc2ccc(C)c(C)c2)cc1Br. The van der Waals surface area contributed by atoms with E-state index < -0.39 is 0 Å². The molecule has 0 aliphatic carbocycles. The number of aryl methyl sites for hydroxylation is 2. The number of nitrogens with one attached hydrogen (secondary N) is 1. The van der Waals surface area contributed by atoms with Gasteiger partial charge in [0.15, 0.2) is 0 Å². The van der Waals surface area contributed by atoms with Gasteiger partial charge in [0, 0.05) is 12.2 Å². The average Bonchev–Trinajstić information content (AvgIpc) is 2.40. The lowest BCUT2D eigenvalue weighted by molar-refractivity contribution is 0.412. The van der Waals surface area contributed by atoms with E-state index in [2.05, 4.69) is 53.3 Å². The molecule has 100 valence electrons. The first-order valence-corrected chi connectivity index (χ1v) is 7.03. The Morgan fingerprint density at radius 1 is 1.05 bits per heavy atom. The van der Waals surface area contributed by atoms with Gasteiger partial charge >= 0.3 is 0 Å². The smallest absolute Gasteiger partial charge is 0.133 e. The largest absolute Gasteiger partial charge is 0.496 e. The summed E-state index contributed by atoms with van der Waals surface area (Å²) in [5.74, 6) is 0.844. The second-order valence-corrected chi connectivity index (χ2v) is 5.48. The zero-order chi connectivity index (χ0) is 13.8. The third-order valence-electron chi connectivity index (χ3n) is 3.22. The number of anilines is 1. The molecule has 0 aliphatic heterocycles. The Morgan fingerprint density at radius 2 is 1.84 bits per heavy atom. The first-order valence-electron chi connectivity index (χ1n) is 6.23. The van der Waals surface area contributed by atoms with Crippen LogP contribution in [0.25, 0.3) is 0 Å². The second-order valence-electron chi connectivity index (χ2n) is 4.62. The van der Waals surface area contributed by atoms with E-state index in [0.717, 1.165) is 22.5 Å². The Kier molecular flexibility index (Phi) is 4.48. The molecule has 0 fully saturated rings. The van der Waals surface area contributed by atoms with Crippen molar-refractivity contribution >= 4 is 21.6 Å². The van der Waals surface area contributed by atoms with Gasteiger partial charge in [-0.1, -0.05) is 18.2 Å². The van der Waals surface area contributed by atoms with Gasteiger partial charge < -0.3 is 10.1 Å². The third-order valence-corrected chi connectivity index (χ3v) is 3.84. The van der Waals surface area contributed by atoms with Crippen molar-refractivity contribution in [3.8, 4) is 5.75 Å². The number of benzene rings is 2. The second kappa shape index (κ2) is 6.11. The molecule has 0 radical (unpaired) electrons. The van der Waals surface area contributed by atoms with Crippen LogP contribution in [0.1, 0.15) is 16.7 Å². The molecule has 0 amide bonds. The Balaban J connectivity index is 2.05. The van der Waals surface area contributed by atoms with Crippen LogP contribution in [0.15, 0.2) is 40.9 Å². The molecule has 19 heavy (non-hydrogen) atoms. The maximum atomic E-state index is 5.22. The van der Waals surface area contributed by atoms with Crippen molar-refractivity contribution < 1.29 is 4.74 Å². The van der Waals surface area contributed by atoms with Gasteiger partial charge in [0.25, 0.3) is 0 Å². The van der Waals surface area contributed by atoms with E-state index in [1.165, 1.54) is 16.7 Å². The molecule has 1 N–H and O–H groups in total. The van der Waals surface area contributed by atoms with Gasteiger partial charge in [-0.2, -0.15) is 0 Å². The summed E-state index contributed by atoms with van der Waals surface area (Å²) in [4.78, 5) is 0. The molecule has 0 unspecified atom stereocenters. The highest BCUT2D eigenvalue weighted by Crippen LogP contribution is 2.27. The Hall–Kier alpha value is -1.48. The number of hydrogen-bond donors (Lipinski definition) is 1. The van der Waals surface area contributed by atoms with Gasteiger partial charge in [-0.25, -0.2) is 0 Å². The van der Waals surface area contributed by atoms with Crippen LogP contribution >= 0.6 is 15.9 Å². The molecule has 2 rings (SSSR count). The van der Waals surface area contributed by atoms with Crippen molar-refractivity contribution in [2.45, 2.75) is 20.4 Å². The maximum Gasteiger partial charge on any atom is 0.133 e. The van der Waals surface area contributed by atoms with Crippen molar-refractivity contribution in [3.05, 3.63) is 57.6 Å². The lowest BCUT2D eigenvalue weighted by atomic mass is 10.1. The number of rotatable bonds is 4. The van der Waals surface area contributed by atoms with Crippen LogP contribution in [-0.2, 0) is 6.54 Å². The lowest BCUT2D eigenvalue weighted by Crippen LogP contribution is -2.00. The number of halogens is 1. The van der Waals surface area contributed by atoms with Crippen LogP contribution in [0.4, 0.5) is 5.69 Å². The van der Waals surface area contributed by atoms with E-state index in [9.17, 15) is 0 Å². The molecule has 2 nitrogen and oxygen atoms in total. The zero-order valence-corrected chi connectivity index (χ0v) is 13.0. The highest BCUT2D eigenvalue weighted by molar-refractivity contribution is 9.10. The highest BCUT2D eigenvalue weighted by atomic mass is 79.9. The molecule has 0 bridgehead atoms. The van der Waals surface area contributed by atoms with Crippen molar-refractivity contribution in [2.24, 2.45) is 0 Å². The summed E-state index contributed by atoms with van der Waals surface area (Å²) in [5, 5.41) is 3.41. The molecule has 2 aromatic carbocycles. The molecule has 0 aliphatic rings. The van der Waals surface area contributed by atoms with Crippen LogP contribution in [0, 0.1) is 13.8 Å². The van der Waals surface area contributed by atoms with Crippen molar-refractivity contribution in [1.29, 1.82) is 0 Å². The van der Waals surface area contributed by atoms with E-state index in [0.29, 0.717) is 0 Å². The Bertz CT molecular complexity index is 581. The standard InChI is InChI=1S/C16H18BrNO/c1-11-4-5-13(8-12(11)2)10-18-14-6-7-16(19-3)15(17)9-14/h4-9,18H,10H2,1-3H3. The minimum absolute atomic E-state index is 0.819. The topological polar surface area (TPSA) is 21.3 Å². The number of ether oxygens (including phenoxy) is 1. The molecule has 3 heteroatoms. The maximum absolute atomic E-state index is 5.22. The molecule has 0 heterocycles. The van der Waals surface area contributed by atoms with E-state index in [1.54, 1.807) is 7.11 Å². The van der Waals surface area contributed by atoms with Crippen LogP contribution in [-0.4, -0.2) is 7.11 Å². The predicted molar refractivity (Wildman–Crippen MR) is 83.9 cm³/mol. The highest BCUT2D eigenvalue weighted by Gasteiger charge is 2.01. The molecule has 0 spiro atoms. The van der Waals surface area contributed by atoms with Crippen molar-refractivity contribution in [1.82, 2.24) is 0 Å². The van der Waals surface area contributed by atoms with E-state index in [-0.39, 0.29) is 0 Å². The van der Waals surface area contributed by atoms with Gasteiger partial charge in [-0.3, -0.25) is 0 Å². The van der Waals surface area contributed by atoms with Crippen LogP contribution in [0.5, 0.6) is 5.75 Å². The average molecular weight is 320 g/mol. The van der Waals surface area contributed by atoms with E-state index in [4.69, 9.17) is 4.74 Å². The molecular weight excluding hydrogens is 302 g/mol. The summed E-state index contributed by atoms with van der Waals surface area (Å²) in [6.45, 7) is 5.09. The molecule has 0 saturated heterocycles. The fourth-order valence-corrected chi connectivity index (χ4v) is 2.43. The van der Waals surface area contributed by atoms with Gasteiger partial charge in [0.2, 0.25) is 0 Å².